The second-order valence-electron chi connectivity index (χ2n) is 16.2. The fraction of sp³-hybridized carbons (Fsp3) is 0.500. The van der Waals surface area contributed by atoms with E-state index in [0.717, 1.165) is 23.5 Å². The highest BCUT2D eigenvalue weighted by atomic mass is 32.2. The number of aliphatic hydroxyl groups excluding tert-OH is 1. The normalized spacial score (nSPS) is 16.2. The summed E-state index contributed by atoms with van der Waals surface area (Å²) in [5.41, 5.74) is 1.03. The Labute approximate surface area is 325 Å². The maximum absolute atomic E-state index is 12.9. The number of aliphatic hydroxyl groups is 1. The smallest absolute Gasteiger partial charge is 0.311 e. The van der Waals surface area contributed by atoms with Crippen LogP contribution in [0.4, 0.5) is 0 Å². The van der Waals surface area contributed by atoms with Crippen LogP contribution in [-0.2, 0) is 20.4 Å². The molecule has 0 aliphatic carbocycles. The molecule has 53 heavy (non-hydrogen) atoms. The van der Waals surface area contributed by atoms with Gasteiger partial charge in [-0.15, -0.1) is 23.5 Å². The van der Waals surface area contributed by atoms with Crippen molar-refractivity contribution in [1.82, 2.24) is 9.97 Å². The maximum Gasteiger partial charge on any atom is 0.311 e. The number of hydrogen-bond acceptors (Lipinski definition) is 10. The van der Waals surface area contributed by atoms with Gasteiger partial charge in [-0.2, -0.15) is 0 Å². The number of rotatable bonds is 16. The number of benzene rings is 2. The summed E-state index contributed by atoms with van der Waals surface area (Å²) in [6.45, 7) is 19.4. The fourth-order valence-corrected chi connectivity index (χ4v) is 14.4. The van der Waals surface area contributed by atoms with E-state index in [1.807, 2.05) is 56.4 Å². The first kappa shape index (κ1) is 41.1. The quantitative estimate of drug-likeness (QED) is 0.0513. The molecule has 2 aromatic heterocycles. The second-order valence-corrected chi connectivity index (χ2v) is 23.9. The molecule has 1 saturated heterocycles. The molecule has 8 nitrogen and oxygen atoms in total. The summed E-state index contributed by atoms with van der Waals surface area (Å²) >= 11 is 3.85. The minimum atomic E-state index is -2.62. The Morgan fingerprint density at radius 2 is 1.57 bits per heavy atom. The van der Waals surface area contributed by atoms with E-state index in [0.29, 0.717) is 43.1 Å². The van der Waals surface area contributed by atoms with Gasteiger partial charge in [-0.1, -0.05) is 93.6 Å². The van der Waals surface area contributed by atoms with Crippen LogP contribution in [0.1, 0.15) is 98.3 Å². The van der Waals surface area contributed by atoms with Gasteiger partial charge in [0, 0.05) is 25.9 Å². The van der Waals surface area contributed by atoms with Crippen molar-refractivity contribution in [1.29, 1.82) is 0 Å². The molecular weight excluding hydrogens is 721 g/mol. The molecule has 1 aliphatic heterocycles. The summed E-state index contributed by atoms with van der Waals surface area (Å²) in [6.07, 6.45) is 5.67. The third-order valence-corrected chi connectivity index (χ3v) is 17.8. The van der Waals surface area contributed by atoms with Gasteiger partial charge >= 0.3 is 5.97 Å². The average molecular weight is 777 g/mol. The van der Waals surface area contributed by atoms with E-state index in [9.17, 15) is 9.90 Å². The largest absolute Gasteiger partial charge is 0.462 e. The maximum atomic E-state index is 12.9. The molecule has 1 N–H and O–H groups in total. The molecule has 0 unspecified atom stereocenters. The van der Waals surface area contributed by atoms with Crippen LogP contribution in [0.15, 0.2) is 94.2 Å². The van der Waals surface area contributed by atoms with Crippen LogP contribution >= 0.6 is 23.5 Å². The molecule has 1 aliphatic rings. The molecule has 2 atom stereocenters. The summed E-state index contributed by atoms with van der Waals surface area (Å²) in [5.74, 6) is 2.81. The van der Waals surface area contributed by atoms with Crippen LogP contribution < -0.4 is 10.4 Å². The van der Waals surface area contributed by atoms with Gasteiger partial charge in [0.15, 0.2) is 11.6 Å². The van der Waals surface area contributed by atoms with Crippen molar-refractivity contribution in [3.63, 3.8) is 0 Å². The fourth-order valence-electron chi connectivity index (χ4n) is 6.77. The molecule has 4 aromatic rings. The summed E-state index contributed by atoms with van der Waals surface area (Å²) < 4.78 is 24.6. The van der Waals surface area contributed by atoms with Gasteiger partial charge in [0.2, 0.25) is 5.89 Å². The SMILES string of the molecule is C=C(C[C@H](CC1(C)SCCCS1)OC(=O)C(C)(C)C)C[C@@H](O)c1coc(-c2coc(CCCO[Si](c3ccccc3)(c3ccccc3)C(C)(C)C)n2)n1. The van der Waals surface area contributed by atoms with Crippen LogP contribution in [-0.4, -0.2) is 57.7 Å². The number of thioether (sulfide) groups is 2. The average Bonchev–Trinajstić information content (AvgIpc) is 3.79. The highest BCUT2D eigenvalue weighted by Gasteiger charge is 2.50. The second kappa shape index (κ2) is 17.6. The van der Waals surface area contributed by atoms with Gasteiger partial charge in [-0.3, -0.25) is 4.79 Å². The van der Waals surface area contributed by atoms with Gasteiger partial charge in [0.05, 0.1) is 9.49 Å². The Morgan fingerprint density at radius 3 is 2.15 bits per heavy atom. The molecule has 0 radical (unpaired) electrons. The number of esters is 1. The lowest BCUT2D eigenvalue weighted by Gasteiger charge is -2.43. The zero-order valence-electron chi connectivity index (χ0n) is 32.4. The van der Waals surface area contributed by atoms with Crippen molar-refractivity contribution in [2.75, 3.05) is 18.1 Å². The number of aryl methyl sites for hydroxylation is 1. The molecule has 11 heteroatoms. The number of hydrogen-bond donors (Lipinski definition) is 1. The Bertz CT molecular complexity index is 1730. The summed E-state index contributed by atoms with van der Waals surface area (Å²) in [7, 11) is -2.62. The van der Waals surface area contributed by atoms with E-state index >= 15 is 0 Å². The van der Waals surface area contributed by atoms with Crippen LogP contribution in [0.25, 0.3) is 11.6 Å². The van der Waals surface area contributed by atoms with Crippen molar-refractivity contribution in [2.24, 2.45) is 5.41 Å². The van der Waals surface area contributed by atoms with E-state index < -0.39 is 19.8 Å². The van der Waals surface area contributed by atoms with Crippen molar-refractivity contribution in [2.45, 2.75) is 108 Å². The minimum Gasteiger partial charge on any atom is -0.462 e. The lowest BCUT2D eigenvalue weighted by atomic mass is 9.96. The standard InChI is InChI=1S/C42H56N2O6S2Si/c1-30(25-31(50-39(46)40(2,3)4)27-42(8)51-23-16-24-52-42)26-36(45)34-28-48-38(44-34)35-29-47-37(43-35)21-15-22-49-53(41(5,6)7,32-17-11-9-12-18-32)33-19-13-10-14-20-33/h9-14,17-20,28-29,31,36,45H,1,15-16,21-27H2,2-8H3/t31-,36-/m1/s1. The van der Waals surface area contributed by atoms with Crippen molar-refractivity contribution in [3.8, 4) is 11.6 Å². The van der Waals surface area contributed by atoms with Crippen molar-refractivity contribution < 1.29 is 27.9 Å². The van der Waals surface area contributed by atoms with E-state index in [1.165, 1.54) is 29.3 Å². The molecule has 0 spiro atoms. The monoisotopic (exact) mass is 776 g/mol. The van der Waals surface area contributed by atoms with Crippen molar-refractivity contribution >= 4 is 48.2 Å². The first-order valence-electron chi connectivity index (χ1n) is 18.6. The number of carbonyl (C=O) groups is 1. The Balaban J connectivity index is 1.18. The van der Waals surface area contributed by atoms with Crippen LogP contribution in [0.2, 0.25) is 5.04 Å². The zero-order valence-corrected chi connectivity index (χ0v) is 35.0. The Hall–Kier alpha value is -3.09. The number of carbonyl (C=O) groups excluding carboxylic acids is 1. The summed E-state index contributed by atoms with van der Waals surface area (Å²) in [4.78, 5) is 22.1. The zero-order chi connectivity index (χ0) is 38.3. The molecule has 1 fully saturated rings. The third kappa shape index (κ3) is 10.6. The first-order valence-corrected chi connectivity index (χ1v) is 22.5. The molecule has 0 saturated carbocycles. The Kier molecular flexibility index (Phi) is 13.6. The Morgan fingerprint density at radius 1 is 0.943 bits per heavy atom. The lowest BCUT2D eigenvalue weighted by Crippen LogP contribution is -2.66. The number of oxazole rings is 2. The first-order chi connectivity index (χ1) is 25.1. The lowest BCUT2D eigenvalue weighted by molar-refractivity contribution is -0.158. The van der Waals surface area contributed by atoms with Gasteiger partial charge in [-0.25, -0.2) is 9.97 Å². The molecule has 0 bridgehead atoms. The molecule has 2 aromatic carbocycles. The van der Waals surface area contributed by atoms with Gasteiger partial charge < -0.3 is 23.1 Å². The molecule has 0 amide bonds. The topological polar surface area (TPSA) is 108 Å². The minimum absolute atomic E-state index is 0.0342. The van der Waals surface area contributed by atoms with E-state index in [4.69, 9.17) is 18.0 Å². The van der Waals surface area contributed by atoms with Crippen LogP contribution in [0, 0.1) is 5.41 Å². The number of nitrogens with zero attached hydrogens (tertiary/aromatic N) is 2. The number of aromatic nitrogens is 2. The van der Waals surface area contributed by atoms with Gasteiger partial charge in [0.1, 0.15) is 30.4 Å². The van der Waals surface area contributed by atoms with Crippen molar-refractivity contribution in [3.05, 3.63) is 96.9 Å². The van der Waals surface area contributed by atoms with Crippen LogP contribution in [0.3, 0.4) is 0 Å². The number of ether oxygens (including phenoxy) is 1. The highest BCUT2D eigenvalue weighted by Crippen LogP contribution is 2.46. The van der Waals surface area contributed by atoms with Crippen LogP contribution in [0.5, 0.6) is 0 Å². The van der Waals surface area contributed by atoms with E-state index in [1.54, 1.807) is 0 Å². The molecule has 3 heterocycles. The van der Waals surface area contributed by atoms with E-state index in [-0.39, 0.29) is 33.5 Å². The predicted octanol–water partition coefficient (Wildman–Crippen LogP) is 9.14. The molecule has 5 rings (SSSR count). The predicted molar refractivity (Wildman–Crippen MR) is 219 cm³/mol. The molecule has 286 valence electrons. The third-order valence-electron chi connectivity index (χ3n) is 9.49. The van der Waals surface area contributed by atoms with Gasteiger partial charge in [-0.05, 0) is 73.9 Å². The van der Waals surface area contributed by atoms with E-state index in [2.05, 4.69) is 92.8 Å². The summed E-state index contributed by atoms with van der Waals surface area (Å²) in [5, 5.41) is 13.5. The van der Waals surface area contributed by atoms with Gasteiger partial charge in [0.25, 0.3) is 8.32 Å². The highest BCUT2D eigenvalue weighted by molar-refractivity contribution is 8.18. The molecular formula is C42H56N2O6S2Si. The summed E-state index contributed by atoms with van der Waals surface area (Å²) in [6, 6.07) is 21.2.